The molecule has 0 heterocycles. The zero-order valence-electron chi connectivity index (χ0n) is 10.2. The molecule has 0 aromatic heterocycles. The third kappa shape index (κ3) is 5.13. The summed E-state index contributed by atoms with van der Waals surface area (Å²) in [4.78, 5) is 21.7. The van der Waals surface area contributed by atoms with Crippen molar-refractivity contribution in [2.24, 2.45) is 0 Å². The SMILES string of the molecule is CC(NC(=O)NCCC(=O)O)c1ccc(F)cc1Cl. The minimum Gasteiger partial charge on any atom is -0.481 e. The van der Waals surface area contributed by atoms with Crippen LogP contribution in [-0.4, -0.2) is 23.7 Å². The van der Waals surface area contributed by atoms with Crippen LogP contribution >= 0.6 is 11.6 Å². The van der Waals surface area contributed by atoms with Crippen molar-refractivity contribution in [2.75, 3.05) is 6.54 Å². The van der Waals surface area contributed by atoms with Crippen LogP contribution in [0.5, 0.6) is 0 Å². The van der Waals surface area contributed by atoms with Crippen molar-refractivity contribution in [3.05, 3.63) is 34.6 Å². The highest BCUT2D eigenvalue weighted by Gasteiger charge is 2.13. The summed E-state index contributed by atoms with van der Waals surface area (Å²) in [6.07, 6.45) is -0.154. The van der Waals surface area contributed by atoms with Crippen LogP contribution in [0.25, 0.3) is 0 Å². The lowest BCUT2D eigenvalue weighted by Crippen LogP contribution is -2.38. The average molecular weight is 289 g/mol. The molecule has 3 N–H and O–H groups in total. The molecule has 0 aliphatic carbocycles. The van der Waals surface area contributed by atoms with E-state index in [-0.39, 0.29) is 18.0 Å². The predicted octanol–water partition coefficient (Wildman–Crippen LogP) is 2.31. The van der Waals surface area contributed by atoms with Crippen LogP contribution in [-0.2, 0) is 4.79 Å². The summed E-state index contributed by atoms with van der Waals surface area (Å²) in [7, 11) is 0. The molecule has 0 aliphatic heterocycles. The molecule has 0 spiro atoms. The number of amides is 2. The Balaban J connectivity index is 2.52. The van der Waals surface area contributed by atoms with Gasteiger partial charge in [-0.3, -0.25) is 4.79 Å². The lowest BCUT2D eigenvalue weighted by Gasteiger charge is -2.16. The molecule has 2 amide bonds. The Hall–Kier alpha value is -1.82. The van der Waals surface area contributed by atoms with Crippen molar-refractivity contribution in [1.29, 1.82) is 0 Å². The molecule has 19 heavy (non-hydrogen) atoms. The second kappa shape index (κ2) is 6.94. The van der Waals surface area contributed by atoms with Crippen molar-refractivity contribution in [2.45, 2.75) is 19.4 Å². The predicted molar refractivity (Wildman–Crippen MR) is 68.6 cm³/mol. The van der Waals surface area contributed by atoms with Gasteiger partial charge in [-0.15, -0.1) is 0 Å². The Labute approximate surface area is 114 Å². The molecule has 7 heteroatoms. The van der Waals surface area contributed by atoms with Crippen LogP contribution in [0.4, 0.5) is 9.18 Å². The van der Waals surface area contributed by atoms with Gasteiger partial charge in [-0.1, -0.05) is 17.7 Å². The second-order valence-electron chi connectivity index (χ2n) is 3.93. The van der Waals surface area contributed by atoms with Gasteiger partial charge in [-0.25, -0.2) is 9.18 Å². The summed E-state index contributed by atoms with van der Waals surface area (Å²) >= 11 is 5.86. The quantitative estimate of drug-likeness (QED) is 0.778. The molecule has 0 saturated carbocycles. The molecule has 5 nitrogen and oxygen atoms in total. The normalized spacial score (nSPS) is 11.7. The number of rotatable bonds is 5. The Morgan fingerprint density at radius 1 is 1.47 bits per heavy atom. The maximum absolute atomic E-state index is 12.9. The number of hydrogen-bond donors (Lipinski definition) is 3. The number of carboxylic acids is 1. The number of halogens is 2. The van der Waals surface area contributed by atoms with E-state index in [1.54, 1.807) is 6.92 Å². The molecule has 0 fully saturated rings. The van der Waals surface area contributed by atoms with Gasteiger partial charge in [0.2, 0.25) is 0 Å². The molecule has 1 unspecified atom stereocenters. The number of urea groups is 1. The van der Waals surface area contributed by atoms with Crippen LogP contribution in [0, 0.1) is 5.82 Å². The Morgan fingerprint density at radius 3 is 2.74 bits per heavy atom. The topological polar surface area (TPSA) is 78.4 Å². The molecule has 0 radical (unpaired) electrons. The maximum atomic E-state index is 12.9. The number of carboxylic acid groups (broad SMARTS) is 1. The Kier molecular flexibility index (Phi) is 5.57. The number of carbonyl (C=O) groups is 2. The van der Waals surface area contributed by atoms with Gasteiger partial charge in [0, 0.05) is 11.6 Å². The van der Waals surface area contributed by atoms with E-state index in [0.29, 0.717) is 5.56 Å². The highest BCUT2D eigenvalue weighted by molar-refractivity contribution is 6.31. The Morgan fingerprint density at radius 2 is 2.16 bits per heavy atom. The maximum Gasteiger partial charge on any atom is 0.315 e. The van der Waals surface area contributed by atoms with Crippen molar-refractivity contribution in [3.8, 4) is 0 Å². The highest BCUT2D eigenvalue weighted by atomic mass is 35.5. The molecule has 0 bridgehead atoms. The van der Waals surface area contributed by atoms with Gasteiger partial charge in [-0.05, 0) is 24.6 Å². The van der Waals surface area contributed by atoms with Crippen LogP contribution in [0.15, 0.2) is 18.2 Å². The van der Waals surface area contributed by atoms with Gasteiger partial charge in [0.05, 0.1) is 12.5 Å². The van der Waals surface area contributed by atoms with Crippen LogP contribution in [0.1, 0.15) is 24.9 Å². The summed E-state index contributed by atoms with van der Waals surface area (Å²) in [5.74, 6) is -1.44. The molecular weight excluding hydrogens is 275 g/mol. The van der Waals surface area contributed by atoms with Crippen molar-refractivity contribution >= 4 is 23.6 Å². The first-order chi connectivity index (χ1) is 8.90. The van der Waals surface area contributed by atoms with Gasteiger partial charge >= 0.3 is 12.0 Å². The molecule has 104 valence electrons. The lowest BCUT2D eigenvalue weighted by atomic mass is 10.1. The van der Waals surface area contributed by atoms with Crippen molar-refractivity contribution < 1.29 is 19.1 Å². The van der Waals surface area contributed by atoms with Crippen molar-refractivity contribution in [3.63, 3.8) is 0 Å². The number of hydrogen-bond acceptors (Lipinski definition) is 2. The van der Waals surface area contributed by atoms with Gasteiger partial charge in [0.15, 0.2) is 0 Å². The first-order valence-corrected chi connectivity index (χ1v) is 5.99. The fourth-order valence-corrected chi connectivity index (χ4v) is 1.79. The van der Waals surface area contributed by atoms with E-state index < -0.39 is 23.9 Å². The van der Waals surface area contributed by atoms with E-state index >= 15 is 0 Å². The zero-order valence-corrected chi connectivity index (χ0v) is 11.0. The van der Waals surface area contributed by atoms with E-state index in [9.17, 15) is 14.0 Å². The number of aliphatic carboxylic acids is 1. The third-order valence-electron chi connectivity index (χ3n) is 2.40. The van der Waals surface area contributed by atoms with E-state index in [1.807, 2.05) is 0 Å². The summed E-state index contributed by atoms with van der Waals surface area (Å²) in [6, 6.07) is 2.98. The van der Waals surface area contributed by atoms with E-state index in [4.69, 9.17) is 16.7 Å². The number of nitrogens with one attached hydrogen (secondary N) is 2. The van der Waals surface area contributed by atoms with E-state index in [1.165, 1.54) is 12.1 Å². The van der Waals surface area contributed by atoms with Crippen LogP contribution in [0.3, 0.4) is 0 Å². The fourth-order valence-electron chi connectivity index (χ4n) is 1.46. The summed E-state index contributed by atoms with van der Waals surface area (Å²) < 4.78 is 12.9. The number of carbonyl (C=O) groups excluding carboxylic acids is 1. The first-order valence-electron chi connectivity index (χ1n) is 5.61. The fraction of sp³-hybridized carbons (Fsp3) is 0.333. The molecule has 0 aliphatic rings. The summed E-state index contributed by atoms with van der Waals surface area (Å²) in [6.45, 7) is 1.72. The van der Waals surface area contributed by atoms with E-state index in [2.05, 4.69) is 10.6 Å². The minimum absolute atomic E-state index is 0.0328. The third-order valence-corrected chi connectivity index (χ3v) is 2.73. The van der Waals surface area contributed by atoms with Crippen LogP contribution < -0.4 is 10.6 Å². The Bertz CT molecular complexity index is 482. The summed E-state index contributed by atoms with van der Waals surface area (Å²) in [5, 5.41) is 13.6. The molecule has 1 atom stereocenters. The van der Waals surface area contributed by atoms with E-state index in [0.717, 1.165) is 6.07 Å². The lowest BCUT2D eigenvalue weighted by molar-refractivity contribution is -0.136. The molecule has 0 saturated heterocycles. The zero-order chi connectivity index (χ0) is 14.4. The van der Waals surface area contributed by atoms with Gasteiger partial charge < -0.3 is 15.7 Å². The van der Waals surface area contributed by atoms with Crippen molar-refractivity contribution in [1.82, 2.24) is 10.6 Å². The highest BCUT2D eigenvalue weighted by Crippen LogP contribution is 2.23. The smallest absolute Gasteiger partial charge is 0.315 e. The standard InChI is InChI=1S/C12H14ClFN2O3/c1-7(9-3-2-8(14)6-10(9)13)16-12(19)15-5-4-11(17)18/h2-3,6-7H,4-5H2,1H3,(H,17,18)(H2,15,16,19). The van der Waals surface area contributed by atoms with Gasteiger partial charge in [-0.2, -0.15) is 0 Å². The van der Waals surface area contributed by atoms with Crippen LogP contribution in [0.2, 0.25) is 5.02 Å². The summed E-state index contributed by atoms with van der Waals surface area (Å²) in [5.41, 5.74) is 0.580. The van der Waals surface area contributed by atoms with Gasteiger partial charge in [0.25, 0.3) is 0 Å². The minimum atomic E-state index is -0.991. The largest absolute Gasteiger partial charge is 0.481 e. The average Bonchev–Trinajstić information content (AvgIpc) is 2.27. The molecule has 1 aromatic carbocycles. The number of benzene rings is 1. The van der Waals surface area contributed by atoms with Gasteiger partial charge in [0.1, 0.15) is 5.82 Å². The molecule has 1 aromatic rings. The first kappa shape index (κ1) is 15.2. The molecule has 1 rings (SSSR count). The second-order valence-corrected chi connectivity index (χ2v) is 4.34. The monoisotopic (exact) mass is 288 g/mol. The molecular formula is C12H14ClFN2O3.